The number of likely N-dealkylation sites (N-methyl/N-ethyl adjacent to an activating group) is 1. The summed E-state index contributed by atoms with van der Waals surface area (Å²) in [4.78, 5) is 0.169. The zero-order valence-electron chi connectivity index (χ0n) is 10.2. The molecular weight excluding hydrogens is 275 g/mol. The van der Waals surface area contributed by atoms with Gasteiger partial charge in [0, 0.05) is 6.54 Å². The SMILES string of the molecule is CCN(CC(N)=S)S(=O)(=O)c1ccc(F)cc1C. The highest BCUT2D eigenvalue weighted by Crippen LogP contribution is 2.20. The van der Waals surface area contributed by atoms with Gasteiger partial charge in [0.05, 0.1) is 16.4 Å². The number of thiocarbonyl (C=S) groups is 1. The molecule has 0 bridgehead atoms. The maximum atomic E-state index is 13.0. The van der Waals surface area contributed by atoms with Crippen molar-refractivity contribution in [1.29, 1.82) is 0 Å². The summed E-state index contributed by atoms with van der Waals surface area (Å²) in [6, 6.07) is 3.55. The summed E-state index contributed by atoms with van der Waals surface area (Å²) in [5, 5.41) is 0. The Morgan fingerprint density at radius 1 is 1.50 bits per heavy atom. The molecule has 0 radical (unpaired) electrons. The zero-order chi connectivity index (χ0) is 13.9. The van der Waals surface area contributed by atoms with Crippen LogP contribution in [-0.2, 0) is 10.0 Å². The predicted octanol–water partition coefficient (Wildman–Crippen LogP) is 1.43. The smallest absolute Gasteiger partial charge is 0.243 e. The van der Waals surface area contributed by atoms with Crippen LogP contribution in [0.15, 0.2) is 23.1 Å². The average Bonchev–Trinajstić information content (AvgIpc) is 2.24. The molecule has 0 heterocycles. The van der Waals surface area contributed by atoms with E-state index in [4.69, 9.17) is 18.0 Å². The van der Waals surface area contributed by atoms with Gasteiger partial charge in [-0.1, -0.05) is 19.1 Å². The minimum Gasteiger partial charge on any atom is -0.392 e. The van der Waals surface area contributed by atoms with E-state index < -0.39 is 15.8 Å². The third-order valence-electron chi connectivity index (χ3n) is 2.44. The molecule has 0 saturated carbocycles. The van der Waals surface area contributed by atoms with E-state index in [0.29, 0.717) is 5.56 Å². The second-order valence-electron chi connectivity index (χ2n) is 3.81. The molecule has 7 heteroatoms. The van der Waals surface area contributed by atoms with E-state index >= 15 is 0 Å². The van der Waals surface area contributed by atoms with Crippen molar-refractivity contribution in [1.82, 2.24) is 4.31 Å². The summed E-state index contributed by atoms with van der Waals surface area (Å²) in [5.41, 5.74) is 5.73. The van der Waals surface area contributed by atoms with Gasteiger partial charge in [0.25, 0.3) is 0 Å². The third-order valence-corrected chi connectivity index (χ3v) is 4.65. The maximum Gasteiger partial charge on any atom is 0.243 e. The Hall–Kier alpha value is -1.05. The van der Waals surface area contributed by atoms with Gasteiger partial charge < -0.3 is 5.73 Å². The lowest BCUT2D eigenvalue weighted by Gasteiger charge is -2.20. The van der Waals surface area contributed by atoms with Crippen LogP contribution >= 0.6 is 12.2 Å². The van der Waals surface area contributed by atoms with E-state index in [2.05, 4.69) is 0 Å². The first-order chi connectivity index (χ1) is 8.28. The van der Waals surface area contributed by atoms with Crippen LogP contribution < -0.4 is 5.73 Å². The van der Waals surface area contributed by atoms with Gasteiger partial charge in [0.1, 0.15) is 5.82 Å². The fourth-order valence-corrected chi connectivity index (χ4v) is 3.45. The molecule has 0 fully saturated rings. The molecule has 0 saturated heterocycles. The van der Waals surface area contributed by atoms with Crippen molar-refractivity contribution in [3.8, 4) is 0 Å². The number of rotatable bonds is 5. The quantitative estimate of drug-likeness (QED) is 0.833. The van der Waals surface area contributed by atoms with Crippen molar-refractivity contribution in [2.45, 2.75) is 18.7 Å². The van der Waals surface area contributed by atoms with E-state index in [-0.39, 0.29) is 23.0 Å². The minimum absolute atomic E-state index is 0.0228. The van der Waals surface area contributed by atoms with Crippen molar-refractivity contribution >= 4 is 27.2 Å². The topological polar surface area (TPSA) is 63.4 Å². The Morgan fingerprint density at radius 2 is 2.11 bits per heavy atom. The van der Waals surface area contributed by atoms with E-state index in [9.17, 15) is 12.8 Å². The highest BCUT2D eigenvalue weighted by molar-refractivity contribution is 7.89. The summed E-state index contributed by atoms with van der Waals surface area (Å²) in [5.74, 6) is -0.469. The standard InChI is InChI=1S/C11H15FN2O2S2/c1-3-14(7-11(13)17)18(15,16)10-5-4-9(12)6-8(10)2/h4-6H,3,7H2,1-2H3,(H2,13,17). The van der Waals surface area contributed by atoms with Crippen LogP contribution in [0, 0.1) is 12.7 Å². The molecule has 0 aromatic heterocycles. The predicted molar refractivity (Wildman–Crippen MR) is 72.4 cm³/mol. The van der Waals surface area contributed by atoms with Gasteiger partial charge in [-0.2, -0.15) is 4.31 Å². The average molecular weight is 290 g/mol. The molecule has 1 rings (SSSR count). The van der Waals surface area contributed by atoms with E-state index in [1.54, 1.807) is 13.8 Å². The second-order valence-corrected chi connectivity index (χ2v) is 6.24. The van der Waals surface area contributed by atoms with Crippen molar-refractivity contribution in [3.05, 3.63) is 29.6 Å². The van der Waals surface area contributed by atoms with Crippen LogP contribution in [0.25, 0.3) is 0 Å². The minimum atomic E-state index is -3.69. The molecule has 1 aromatic rings. The van der Waals surface area contributed by atoms with Gasteiger partial charge in [-0.05, 0) is 30.7 Å². The normalized spacial score (nSPS) is 11.8. The monoisotopic (exact) mass is 290 g/mol. The van der Waals surface area contributed by atoms with Crippen LogP contribution in [-0.4, -0.2) is 30.8 Å². The van der Waals surface area contributed by atoms with Crippen molar-refractivity contribution < 1.29 is 12.8 Å². The number of nitrogens with two attached hydrogens (primary N) is 1. The molecule has 0 atom stereocenters. The molecule has 0 aliphatic heterocycles. The number of hydrogen-bond donors (Lipinski definition) is 1. The Bertz CT molecular complexity index is 558. The van der Waals surface area contributed by atoms with E-state index in [1.807, 2.05) is 0 Å². The lowest BCUT2D eigenvalue weighted by molar-refractivity contribution is 0.467. The van der Waals surface area contributed by atoms with E-state index in [0.717, 1.165) is 10.4 Å². The number of nitrogens with zero attached hydrogens (tertiary/aromatic N) is 1. The van der Waals surface area contributed by atoms with Gasteiger partial charge in [-0.15, -0.1) is 0 Å². The fraction of sp³-hybridized carbons (Fsp3) is 0.364. The Morgan fingerprint density at radius 3 is 2.56 bits per heavy atom. The molecule has 0 aliphatic rings. The summed E-state index contributed by atoms with van der Waals surface area (Å²) >= 11 is 4.72. The van der Waals surface area contributed by atoms with Crippen molar-refractivity contribution in [3.63, 3.8) is 0 Å². The summed E-state index contributed by atoms with van der Waals surface area (Å²) in [6.45, 7) is 3.46. The van der Waals surface area contributed by atoms with Crippen LogP contribution in [0.4, 0.5) is 4.39 Å². The molecule has 0 unspecified atom stereocenters. The maximum absolute atomic E-state index is 13.0. The second kappa shape index (κ2) is 5.73. The van der Waals surface area contributed by atoms with Crippen LogP contribution in [0.5, 0.6) is 0 Å². The molecule has 0 spiro atoms. The van der Waals surface area contributed by atoms with Gasteiger partial charge in [-0.3, -0.25) is 0 Å². The van der Waals surface area contributed by atoms with Crippen molar-refractivity contribution in [2.24, 2.45) is 5.73 Å². The Kier molecular flexibility index (Phi) is 4.78. The summed E-state index contributed by atoms with van der Waals surface area (Å²) in [7, 11) is -3.69. The molecule has 2 N–H and O–H groups in total. The number of benzene rings is 1. The number of hydrogen-bond acceptors (Lipinski definition) is 3. The molecule has 1 aromatic carbocycles. The van der Waals surface area contributed by atoms with Gasteiger partial charge in [0.2, 0.25) is 10.0 Å². The van der Waals surface area contributed by atoms with Crippen LogP contribution in [0.1, 0.15) is 12.5 Å². The third kappa shape index (κ3) is 3.24. The highest BCUT2D eigenvalue weighted by Gasteiger charge is 2.25. The van der Waals surface area contributed by atoms with E-state index in [1.165, 1.54) is 12.1 Å². The molecule has 0 aliphatic carbocycles. The van der Waals surface area contributed by atoms with Crippen LogP contribution in [0.2, 0.25) is 0 Å². The van der Waals surface area contributed by atoms with Crippen LogP contribution in [0.3, 0.4) is 0 Å². The molecule has 4 nitrogen and oxygen atoms in total. The lowest BCUT2D eigenvalue weighted by Crippen LogP contribution is -2.37. The molecule has 100 valence electrons. The molecular formula is C11H15FN2O2S2. The summed E-state index contributed by atoms with van der Waals surface area (Å²) in [6.07, 6.45) is 0. The Balaban J connectivity index is 3.23. The molecule has 18 heavy (non-hydrogen) atoms. The zero-order valence-corrected chi connectivity index (χ0v) is 11.8. The van der Waals surface area contributed by atoms with Gasteiger partial charge in [0.15, 0.2) is 0 Å². The first kappa shape index (κ1) is 15.0. The molecule has 0 amide bonds. The highest BCUT2D eigenvalue weighted by atomic mass is 32.2. The van der Waals surface area contributed by atoms with Gasteiger partial charge in [-0.25, -0.2) is 12.8 Å². The lowest BCUT2D eigenvalue weighted by atomic mass is 10.2. The Labute approximate surface area is 112 Å². The van der Waals surface area contributed by atoms with Crippen molar-refractivity contribution in [2.75, 3.05) is 13.1 Å². The number of aryl methyl sites for hydroxylation is 1. The first-order valence-corrected chi connectivity index (χ1v) is 7.18. The summed E-state index contributed by atoms with van der Waals surface area (Å²) < 4.78 is 38.8. The first-order valence-electron chi connectivity index (χ1n) is 5.33. The fourth-order valence-electron chi connectivity index (χ4n) is 1.58. The number of halogens is 1. The largest absolute Gasteiger partial charge is 0.392 e. The van der Waals surface area contributed by atoms with Gasteiger partial charge >= 0.3 is 0 Å². The number of sulfonamides is 1.